The predicted molar refractivity (Wildman–Crippen MR) is 108 cm³/mol. The molecule has 2 aromatic heterocycles. The van der Waals surface area contributed by atoms with Gasteiger partial charge >= 0.3 is 6.18 Å². The first-order valence-corrected chi connectivity index (χ1v) is 10.2. The molecule has 0 saturated heterocycles. The average Bonchev–Trinajstić information content (AvgIpc) is 3.31. The molecule has 164 valence electrons. The lowest BCUT2D eigenvalue weighted by molar-refractivity contribution is -0.141. The molecule has 1 aromatic carbocycles. The second-order valence-corrected chi connectivity index (χ2v) is 8.25. The van der Waals surface area contributed by atoms with Crippen LogP contribution in [0.2, 0.25) is 15.1 Å². The summed E-state index contributed by atoms with van der Waals surface area (Å²) >= 11 is 17.9. The van der Waals surface area contributed by atoms with Gasteiger partial charge in [0.1, 0.15) is 12.9 Å². The molecular formula is C18H14Cl3F3N6O. The summed E-state index contributed by atoms with van der Waals surface area (Å²) in [6.07, 6.45) is -1.92. The van der Waals surface area contributed by atoms with Gasteiger partial charge < -0.3 is 0 Å². The van der Waals surface area contributed by atoms with E-state index in [4.69, 9.17) is 34.8 Å². The molecule has 0 radical (unpaired) electrons. The van der Waals surface area contributed by atoms with E-state index < -0.39 is 29.3 Å². The summed E-state index contributed by atoms with van der Waals surface area (Å²) in [6, 6.07) is 5.02. The van der Waals surface area contributed by atoms with Crippen LogP contribution in [-0.4, -0.2) is 30.5 Å². The van der Waals surface area contributed by atoms with Crippen molar-refractivity contribution in [3.63, 3.8) is 0 Å². The highest BCUT2D eigenvalue weighted by Crippen LogP contribution is 2.46. The second-order valence-electron chi connectivity index (χ2n) is 7.03. The summed E-state index contributed by atoms with van der Waals surface area (Å²) < 4.78 is 41.9. The molecule has 0 bridgehead atoms. The molecule has 1 fully saturated rings. The van der Waals surface area contributed by atoms with Crippen LogP contribution in [0.1, 0.15) is 35.7 Å². The van der Waals surface area contributed by atoms with E-state index in [1.54, 1.807) is 18.2 Å². The van der Waals surface area contributed by atoms with Crippen LogP contribution in [-0.2, 0) is 24.1 Å². The number of nitrogens with zero attached hydrogens (tertiary/aromatic N) is 5. The topological polar surface area (TPSA) is 77.6 Å². The van der Waals surface area contributed by atoms with E-state index in [2.05, 4.69) is 20.5 Å². The maximum atomic E-state index is 13.1. The minimum atomic E-state index is -4.70. The van der Waals surface area contributed by atoms with Gasteiger partial charge in [-0.15, -0.1) is 5.10 Å². The van der Waals surface area contributed by atoms with Gasteiger partial charge in [0.2, 0.25) is 11.9 Å². The van der Waals surface area contributed by atoms with Crippen molar-refractivity contribution in [1.82, 2.24) is 24.5 Å². The third-order valence-corrected chi connectivity index (χ3v) is 5.55. The van der Waals surface area contributed by atoms with E-state index in [1.807, 2.05) is 0 Å². The summed E-state index contributed by atoms with van der Waals surface area (Å²) in [4.78, 5) is 16.4. The van der Waals surface area contributed by atoms with Gasteiger partial charge in [0.05, 0.1) is 17.3 Å². The first-order chi connectivity index (χ1) is 14.6. The second kappa shape index (κ2) is 8.33. The number of amides is 1. The first kappa shape index (κ1) is 21.9. The Hall–Kier alpha value is -2.30. The normalized spacial score (nSPS) is 14.1. The molecule has 3 aromatic rings. The number of rotatable bonds is 6. The van der Waals surface area contributed by atoms with Crippen LogP contribution in [0.25, 0.3) is 0 Å². The van der Waals surface area contributed by atoms with Crippen LogP contribution in [0.3, 0.4) is 0 Å². The Bertz CT molecular complexity index is 1140. The Morgan fingerprint density at radius 2 is 1.94 bits per heavy atom. The molecule has 1 saturated carbocycles. The van der Waals surface area contributed by atoms with E-state index in [1.165, 1.54) is 11.0 Å². The fourth-order valence-electron chi connectivity index (χ4n) is 3.05. The maximum absolute atomic E-state index is 13.1. The van der Waals surface area contributed by atoms with E-state index in [-0.39, 0.29) is 24.1 Å². The predicted octanol–water partition coefficient (Wildman–Crippen LogP) is 5.02. The van der Waals surface area contributed by atoms with Gasteiger partial charge in [0, 0.05) is 16.0 Å². The van der Waals surface area contributed by atoms with Crippen molar-refractivity contribution in [1.29, 1.82) is 0 Å². The van der Waals surface area contributed by atoms with Crippen molar-refractivity contribution in [2.24, 2.45) is 0 Å². The van der Waals surface area contributed by atoms with Crippen molar-refractivity contribution < 1.29 is 18.0 Å². The molecule has 7 nitrogen and oxygen atoms in total. The highest BCUT2D eigenvalue weighted by atomic mass is 35.5. The van der Waals surface area contributed by atoms with E-state index in [0.717, 1.165) is 10.2 Å². The van der Waals surface area contributed by atoms with Gasteiger partial charge in [-0.25, -0.2) is 9.67 Å². The number of halogens is 6. The number of aromatic nitrogens is 5. The van der Waals surface area contributed by atoms with E-state index in [0.29, 0.717) is 22.9 Å². The third kappa shape index (κ3) is 4.97. The van der Waals surface area contributed by atoms with Gasteiger partial charge in [0.15, 0.2) is 5.69 Å². The Kier molecular flexibility index (Phi) is 5.89. The number of nitrogens with one attached hydrogen (secondary N) is 1. The molecular weight excluding hydrogens is 480 g/mol. The SMILES string of the molecule is O=C(Cn1nc(C(F)(F)F)c(Cl)c1C1CC1)Nc1ncn(Cc2ccc(Cl)cc2Cl)n1. The lowest BCUT2D eigenvalue weighted by Gasteiger charge is -2.06. The number of hydrogen-bond acceptors (Lipinski definition) is 4. The molecule has 2 heterocycles. The van der Waals surface area contributed by atoms with Crippen LogP contribution in [0.5, 0.6) is 0 Å². The van der Waals surface area contributed by atoms with E-state index >= 15 is 0 Å². The number of carbonyl (C=O) groups excluding carboxylic acids is 1. The molecule has 0 atom stereocenters. The zero-order valence-corrected chi connectivity index (χ0v) is 17.9. The van der Waals surface area contributed by atoms with Gasteiger partial charge in [-0.3, -0.25) is 14.8 Å². The van der Waals surface area contributed by atoms with Gasteiger partial charge in [-0.2, -0.15) is 18.3 Å². The number of benzene rings is 1. The molecule has 31 heavy (non-hydrogen) atoms. The van der Waals surface area contributed by atoms with E-state index in [9.17, 15) is 18.0 Å². The molecule has 0 aliphatic heterocycles. The van der Waals surface area contributed by atoms with Crippen molar-refractivity contribution in [3.05, 3.63) is 56.5 Å². The Labute approximate surface area is 189 Å². The zero-order valence-electron chi connectivity index (χ0n) is 15.6. The monoisotopic (exact) mass is 492 g/mol. The highest BCUT2D eigenvalue weighted by Gasteiger charge is 2.42. The summed E-state index contributed by atoms with van der Waals surface area (Å²) in [5.74, 6) is -0.764. The van der Waals surface area contributed by atoms with Crippen LogP contribution in [0.4, 0.5) is 19.1 Å². The number of carbonyl (C=O) groups is 1. The highest BCUT2D eigenvalue weighted by molar-refractivity contribution is 6.35. The maximum Gasteiger partial charge on any atom is 0.436 e. The van der Waals surface area contributed by atoms with Crippen LogP contribution in [0, 0.1) is 0 Å². The summed E-state index contributed by atoms with van der Waals surface area (Å²) in [5, 5.41) is 10.6. The minimum absolute atomic E-state index is 0.00245. The molecule has 1 aliphatic rings. The molecule has 4 rings (SSSR count). The smallest absolute Gasteiger partial charge is 0.292 e. The largest absolute Gasteiger partial charge is 0.436 e. The van der Waals surface area contributed by atoms with Crippen LogP contribution < -0.4 is 5.32 Å². The van der Waals surface area contributed by atoms with Crippen molar-refractivity contribution in [2.45, 2.75) is 38.0 Å². The lowest BCUT2D eigenvalue weighted by atomic mass is 10.2. The van der Waals surface area contributed by atoms with Gasteiger partial charge in [-0.05, 0) is 30.5 Å². The summed E-state index contributed by atoms with van der Waals surface area (Å²) in [5.41, 5.74) is -0.222. The number of anilines is 1. The molecule has 1 amide bonds. The standard InChI is InChI=1S/C18H14Cl3F3N6O/c19-11-4-3-10(12(20)5-11)6-29-8-25-17(28-29)26-13(31)7-30-15(9-1-2-9)14(21)16(27-30)18(22,23)24/h3-5,8-9H,1-2,6-7H2,(H,26,28,31). The van der Waals surface area contributed by atoms with Gasteiger partial charge in [-0.1, -0.05) is 40.9 Å². The number of hydrogen-bond donors (Lipinski definition) is 1. The Morgan fingerprint density at radius 3 is 2.58 bits per heavy atom. The first-order valence-electron chi connectivity index (χ1n) is 9.08. The summed E-state index contributed by atoms with van der Waals surface area (Å²) in [6.45, 7) is -0.159. The molecule has 0 unspecified atom stereocenters. The van der Waals surface area contributed by atoms with Crippen LogP contribution >= 0.6 is 34.8 Å². The molecule has 13 heteroatoms. The van der Waals surface area contributed by atoms with Crippen LogP contribution in [0.15, 0.2) is 24.5 Å². The fraction of sp³-hybridized carbons (Fsp3) is 0.333. The summed E-state index contributed by atoms with van der Waals surface area (Å²) in [7, 11) is 0. The Balaban J connectivity index is 1.45. The zero-order chi connectivity index (χ0) is 22.3. The van der Waals surface area contributed by atoms with Crippen molar-refractivity contribution in [2.75, 3.05) is 5.32 Å². The molecule has 1 N–H and O–H groups in total. The van der Waals surface area contributed by atoms with Crippen molar-refractivity contribution in [3.8, 4) is 0 Å². The quantitative estimate of drug-likeness (QED) is 0.523. The fourth-order valence-corrected chi connectivity index (χ4v) is 3.92. The number of alkyl halides is 3. The Morgan fingerprint density at radius 1 is 1.19 bits per heavy atom. The average molecular weight is 494 g/mol. The molecule has 0 spiro atoms. The van der Waals surface area contributed by atoms with Gasteiger partial charge in [0.25, 0.3) is 0 Å². The minimum Gasteiger partial charge on any atom is -0.292 e. The lowest BCUT2D eigenvalue weighted by Crippen LogP contribution is -2.22. The third-order valence-electron chi connectivity index (χ3n) is 4.59. The molecule has 1 aliphatic carbocycles. The van der Waals surface area contributed by atoms with Crippen molar-refractivity contribution >= 4 is 46.7 Å².